The molecule has 1 N–H and O–H groups in total. The summed E-state index contributed by atoms with van der Waals surface area (Å²) >= 11 is 11.6. The molecule has 2 aromatic carbocycles. The number of carbonyl (C=O) groups excluding carboxylic acids is 2. The van der Waals surface area contributed by atoms with Crippen LogP contribution < -0.4 is 0 Å². The van der Waals surface area contributed by atoms with Gasteiger partial charge in [0.05, 0.1) is 12.8 Å². The lowest BCUT2D eigenvalue weighted by molar-refractivity contribution is -0.149. The normalized spacial score (nSPS) is 12.0. The molecule has 128 valence electrons. The predicted octanol–water partition coefficient (Wildman–Crippen LogP) is 4.75. The van der Waals surface area contributed by atoms with Crippen LogP contribution in [0, 0.1) is 0 Å². The summed E-state index contributed by atoms with van der Waals surface area (Å²) in [6, 6.07) is 12.3. The van der Waals surface area contributed by atoms with Gasteiger partial charge in [0.2, 0.25) is 0 Å². The fourth-order valence-electron chi connectivity index (χ4n) is 1.75. The number of benzene rings is 2. The molecular weight excluding hydrogens is 367 g/mol. The summed E-state index contributed by atoms with van der Waals surface area (Å²) in [6.07, 6.45) is 0. The number of carbonyl (C=O) groups is 2. The Bertz CT molecular complexity index is 844. The fourth-order valence-corrected chi connectivity index (χ4v) is 2.00. The van der Waals surface area contributed by atoms with Gasteiger partial charge in [-0.3, -0.25) is 4.79 Å². The molecule has 0 unspecified atom stereocenters. The first-order valence-corrected chi connectivity index (χ1v) is 7.67. The number of aliphatic hydroxyl groups is 1. The molecule has 2 rings (SSSR count). The molecule has 8 heteroatoms. The third kappa shape index (κ3) is 4.89. The van der Waals surface area contributed by atoms with E-state index in [-0.39, 0.29) is 5.56 Å². The first-order valence-electron chi connectivity index (χ1n) is 6.91. The molecule has 0 amide bonds. The highest BCUT2D eigenvalue weighted by atomic mass is 35.5. The number of nitrogens with zero attached hydrogens (tertiary/aromatic N) is 2. The topological polar surface area (TPSA) is 88.3 Å². The summed E-state index contributed by atoms with van der Waals surface area (Å²) < 4.78 is 4.39. The van der Waals surface area contributed by atoms with Crippen molar-refractivity contribution >= 4 is 46.4 Å². The number of aliphatic hydroxyl groups excluding tert-OH is 1. The maximum absolute atomic E-state index is 12.1. The number of methoxy groups -OCH3 is 1. The second kappa shape index (κ2) is 8.41. The van der Waals surface area contributed by atoms with Crippen molar-refractivity contribution in [3.8, 4) is 0 Å². The Morgan fingerprint density at radius 2 is 1.48 bits per heavy atom. The van der Waals surface area contributed by atoms with Crippen molar-refractivity contribution < 1.29 is 19.4 Å². The second-order valence-corrected chi connectivity index (χ2v) is 5.57. The zero-order chi connectivity index (χ0) is 18.4. The SMILES string of the molecule is COC(=O)C(=O)/C(N=Nc1ccc(Cl)cc1)=C(/O)c1ccc(Cl)cc1. The number of rotatable bonds is 5. The average molecular weight is 379 g/mol. The Morgan fingerprint density at radius 3 is 2.00 bits per heavy atom. The van der Waals surface area contributed by atoms with Crippen LogP contribution in [0.5, 0.6) is 0 Å². The van der Waals surface area contributed by atoms with E-state index < -0.39 is 23.2 Å². The highest BCUT2D eigenvalue weighted by molar-refractivity contribution is 6.41. The van der Waals surface area contributed by atoms with Crippen molar-refractivity contribution in [1.82, 2.24) is 0 Å². The molecule has 0 aromatic heterocycles. The van der Waals surface area contributed by atoms with Gasteiger partial charge in [-0.15, -0.1) is 5.11 Å². The molecule has 0 aliphatic rings. The highest BCUT2D eigenvalue weighted by Crippen LogP contribution is 2.23. The van der Waals surface area contributed by atoms with E-state index in [9.17, 15) is 14.7 Å². The molecule has 0 saturated carbocycles. The van der Waals surface area contributed by atoms with Crippen LogP contribution in [0.25, 0.3) is 5.76 Å². The summed E-state index contributed by atoms with van der Waals surface area (Å²) in [7, 11) is 1.05. The van der Waals surface area contributed by atoms with Gasteiger partial charge in [0.25, 0.3) is 5.78 Å². The van der Waals surface area contributed by atoms with Crippen LogP contribution in [-0.2, 0) is 14.3 Å². The number of esters is 1. The molecule has 0 atom stereocenters. The molecular formula is C17H12Cl2N2O4. The Morgan fingerprint density at radius 1 is 0.960 bits per heavy atom. The number of ketones is 1. The lowest BCUT2D eigenvalue weighted by Gasteiger charge is -2.05. The van der Waals surface area contributed by atoms with Gasteiger partial charge in [-0.2, -0.15) is 5.11 Å². The summed E-state index contributed by atoms with van der Waals surface area (Å²) in [5.41, 5.74) is 0.0688. The fraction of sp³-hybridized carbons (Fsp3) is 0.0588. The van der Waals surface area contributed by atoms with Gasteiger partial charge in [-0.1, -0.05) is 23.2 Å². The Labute approximate surface area is 153 Å². The van der Waals surface area contributed by atoms with E-state index in [2.05, 4.69) is 15.0 Å². The van der Waals surface area contributed by atoms with Crippen molar-refractivity contribution in [2.24, 2.45) is 10.2 Å². The number of halogens is 2. The van der Waals surface area contributed by atoms with Crippen LogP contribution >= 0.6 is 23.2 Å². The van der Waals surface area contributed by atoms with Crippen LogP contribution in [0.4, 0.5) is 5.69 Å². The first-order chi connectivity index (χ1) is 11.9. The minimum Gasteiger partial charge on any atom is -0.505 e. The predicted molar refractivity (Wildman–Crippen MR) is 94.0 cm³/mol. The zero-order valence-electron chi connectivity index (χ0n) is 12.9. The van der Waals surface area contributed by atoms with Gasteiger partial charge < -0.3 is 9.84 Å². The van der Waals surface area contributed by atoms with E-state index >= 15 is 0 Å². The van der Waals surface area contributed by atoms with Crippen LogP contribution in [0.3, 0.4) is 0 Å². The third-order valence-corrected chi connectivity index (χ3v) is 3.52. The molecule has 0 saturated heterocycles. The van der Waals surface area contributed by atoms with E-state index in [0.717, 1.165) is 7.11 Å². The molecule has 0 spiro atoms. The smallest absolute Gasteiger partial charge is 0.381 e. The molecule has 6 nitrogen and oxygen atoms in total. The second-order valence-electron chi connectivity index (χ2n) is 4.70. The lowest BCUT2D eigenvalue weighted by atomic mass is 10.1. The Hall–Kier alpha value is -2.70. The van der Waals surface area contributed by atoms with Crippen molar-refractivity contribution in [3.05, 3.63) is 69.8 Å². The average Bonchev–Trinajstić information content (AvgIpc) is 2.62. The number of Topliss-reactive ketones (excluding diaryl/α,β-unsaturated/α-hetero) is 1. The maximum Gasteiger partial charge on any atom is 0.381 e. The number of hydrogen-bond donors (Lipinski definition) is 1. The van der Waals surface area contributed by atoms with Gasteiger partial charge in [-0.25, -0.2) is 4.79 Å². The Balaban J connectivity index is 2.47. The molecule has 0 fully saturated rings. The zero-order valence-corrected chi connectivity index (χ0v) is 14.5. The first kappa shape index (κ1) is 18.6. The lowest BCUT2D eigenvalue weighted by Crippen LogP contribution is -2.18. The summed E-state index contributed by atoms with van der Waals surface area (Å²) in [6.45, 7) is 0. The monoisotopic (exact) mass is 378 g/mol. The van der Waals surface area contributed by atoms with E-state index in [1.807, 2.05) is 0 Å². The summed E-state index contributed by atoms with van der Waals surface area (Å²) in [4.78, 5) is 23.7. The van der Waals surface area contributed by atoms with E-state index in [4.69, 9.17) is 23.2 Å². The maximum atomic E-state index is 12.1. The van der Waals surface area contributed by atoms with Crippen molar-refractivity contribution in [1.29, 1.82) is 0 Å². The van der Waals surface area contributed by atoms with E-state index in [0.29, 0.717) is 15.7 Å². The minimum atomic E-state index is -1.18. The highest BCUT2D eigenvalue weighted by Gasteiger charge is 2.24. The minimum absolute atomic E-state index is 0.242. The van der Waals surface area contributed by atoms with E-state index in [1.54, 1.807) is 24.3 Å². The van der Waals surface area contributed by atoms with Gasteiger partial charge in [0.15, 0.2) is 11.5 Å². The summed E-state index contributed by atoms with van der Waals surface area (Å²) in [5, 5.41) is 18.9. The molecule has 0 bridgehead atoms. The quantitative estimate of drug-likeness (QED) is 0.267. The van der Waals surface area contributed by atoms with Crippen molar-refractivity contribution in [3.63, 3.8) is 0 Å². The number of azo groups is 1. The van der Waals surface area contributed by atoms with Crippen LogP contribution in [0.2, 0.25) is 10.0 Å². The molecule has 0 aliphatic heterocycles. The molecule has 2 aromatic rings. The molecule has 0 heterocycles. The van der Waals surface area contributed by atoms with Gasteiger partial charge in [0, 0.05) is 15.6 Å². The standard InChI is InChI=1S/C17H12Cl2N2O4/c1-25-17(24)16(23)14(15(22)10-2-4-11(18)5-3-10)21-20-13-8-6-12(19)7-9-13/h2-9,22H,1H3/b15-14-,21-20?. The largest absolute Gasteiger partial charge is 0.505 e. The van der Waals surface area contributed by atoms with Crippen LogP contribution in [-0.4, -0.2) is 24.0 Å². The van der Waals surface area contributed by atoms with Crippen LogP contribution in [0.15, 0.2) is 64.5 Å². The number of hydrogen-bond acceptors (Lipinski definition) is 6. The molecule has 0 aliphatic carbocycles. The Kier molecular flexibility index (Phi) is 6.27. The van der Waals surface area contributed by atoms with Gasteiger partial charge >= 0.3 is 5.97 Å². The van der Waals surface area contributed by atoms with Crippen LogP contribution in [0.1, 0.15) is 5.56 Å². The van der Waals surface area contributed by atoms with Crippen molar-refractivity contribution in [2.45, 2.75) is 0 Å². The third-order valence-electron chi connectivity index (χ3n) is 3.02. The number of ether oxygens (including phenoxy) is 1. The van der Waals surface area contributed by atoms with Gasteiger partial charge in [0.1, 0.15) is 0 Å². The van der Waals surface area contributed by atoms with Gasteiger partial charge in [-0.05, 0) is 48.5 Å². The van der Waals surface area contributed by atoms with Crippen molar-refractivity contribution in [2.75, 3.05) is 7.11 Å². The summed E-state index contributed by atoms with van der Waals surface area (Å²) in [5.74, 6) is -2.83. The molecule has 0 radical (unpaired) electrons. The molecule has 25 heavy (non-hydrogen) atoms. The van der Waals surface area contributed by atoms with E-state index in [1.165, 1.54) is 24.3 Å².